The minimum atomic E-state index is -1.22. The number of ether oxygens (including phenoxy) is 1. The molecule has 0 fully saturated rings. The first-order valence-electron chi connectivity index (χ1n) is 6.29. The van der Waals surface area contributed by atoms with Gasteiger partial charge in [-0.05, 0) is 18.6 Å². The molecule has 0 unspecified atom stereocenters. The average Bonchev–Trinajstić information content (AvgIpc) is 2.70. The Morgan fingerprint density at radius 2 is 2.19 bits per heavy atom. The van der Waals surface area contributed by atoms with Crippen molar-refractivity contribution in [1.82, 2.24) is 9.78 Å². The number of aryl methyl sites for hydroxylation is 2. The lowest BCUT2D eigenvalue weighted by molar-refractivity contribution is 0.0695. The van der Waals surface area contributed by atoms with E-state index >= 15 is 0 Å². The zero-order chi connectivity index (χ0) is 15.6. The van der Waals surface area contributed by atoms with Gasteiger partial charge in [0.25, 0.3) is 0 Å². The number of aromatic nitrogens is 2. The van der Waals surface area contributed by atoms with Crippen LogP contribution >= 0.6 is 11.6 Å². The van der Waals surface area contributed by atoms with Gasteiger partial charge in [-0.25, -0.2) is 9.18 Å². The Hall–Kier alpha value is -2.08. The Balaban J connectivity index is 2.20. The predicted molar refractivity (Wildman–Crippen MR) is 75.3 cm³/mol. The summed E-state index contributed by atoms with van der Waals surface area (Å²) in [6, 6.07) is 3.31. The number of rotatable bonds is 5. The summed E-state index contributed by atoms with van der Waals surface area (Å²) in [6.45, 7) is 2.01. The molecule has 0 atom stereocenters. The molecule has 0 saturated heterocycles. The third kappa shape index (κ3) is 3.33. The van der Waals surface area contributed by atoms with Gasteiger partial charge in [-0.1, -0.05) is 18.5 Å². The van der Waals surface area contributed by atoms with E-state index in [0.717, 1.165) is 17.8 Å². The van der Waals surface area contributed by atoms with Gasteiger partial charge in [0.05, 0.1) is 22.0 Å². The summed E-state index contributed by atoms with van der Waals surface area (Å²) in [4.78, 5) is 10.9. The highest BCUT2D eigenvalue weighted by Gasteiger charge is 2.14. The van der Waals surface area contributed by atoms with Crippen molar-refractivity contribution < 1.29 is 19.0 Å². The van der Waals surface area contributed by atoms with Gasteiger partial charge < -0.3 is 9.84 Å². The monoisotopic (exact) mass is 312 g/mol. The molecule has 0 radical (unpaired) electrons. The van der Waals surface area contributed by atoms with E-state index in [0.29, 0.717) is 17.1 Å². The first-order valence-corrected chi connectivity index (χ1v) is 6.67. The number of benzene rings is 1. The van der Waals surface area contributed by atoms with Crippen LogP contribution in [0.15, 0.2) is 18.2 Å². The summed E-state index contributed by atoms with van der Waals surface area (Å²) in [5.41, 5.74) is 1.23. The van der Waals surface area contributed by atoms with E-state index in [1.807, 2.05) is 6.92 Å². The Morgan fingerprint density at radius 1 is 1.48 bits per heavy atom. The largest absolute Gasteiger partial charge is 0.487 e. The zero-order valence-electron chi connectivity index (χ0n) is 11.6. The number of aromatic carboxylic acids is 1. The lowest BCUT2D eigenvalue weighted by atomic mass is 10.2. The average molecular weight is 313 g/mol. The molecule has 1 aromatic heterocycles. The molecule has 0 saturated carbocycles. The van der Waals surface area contributed by atoms with E-state index in [9.17, 15) is 9.18 Å². The quantitative estimate of drug-likeness (QED) is 0.921. The predicted octanol–water partition coefficient (Wildman–Crippen LogP) is 3.05. The minimum absolute atomic E-state index is 0.0743. The van der Waals surface area contributed by atoms with Crippen LogP contribution in [0.4, 0.5) is 4.39 Å². The molecule has 7 heteroatoms. The number of hydrogen-bond acceptors (Lipinski definition) is 3. The van der Waals surface area contributed by atoms with Crippen molar-refractivity contribution in [3.63, 3.8) is 0 Å². The van der Waals surface area contributed by atoms with E-state index in [4.69, 9.17) is 21.4 Å². The van der Waals surface area contributed by atoms with Crippen LogP contribution in [0, 0.1) is 5.82 Å². The van der Waals surface area contributed by atoms with E-state index in [1.54, 1.807) is 11.7 Å². The van der Waals surface area contributed by atoms with Crippen molar-refractivity contribution in [3.8, 4) is 5.75 Å². The highest BCUT2D eigenvalue weighted by atomic mass is 35.5. The fourth-order valence-corrected chi connectivity index (χ4v) is 2.25. The van der Waals surface area contributed by atoms with Crippen molar-refractivity contribution >= 4 is 17.6 Å². The number of halogens is 2. The summed E-state index contributed by atoms with van der Waals surface area (Å²) in [6.07, 6.45) is 0.690. The maximum absolute atomic E-state index is 13.3. The SMILES string of the molecule is CCc1nn(C)c(COc2cc(F)cc(C(=O)O)c2)c1Cl. The summed E-state index contributed by atoms with van der Waals surface area (Å²) in [5.74, 6) is -1.76. The standard InChI is InChI=1S/C14H14ClFN2O3/c1-3-11-13(15)12(18(2)17-11)7-21-10-5-8(14(19)20)4-9(16)6-10/h4-6H,3,7H2,1-2H3,(H,19,20). The van der Waals surface area contributed by atoms with Crippen LogP contribution in [0.5, 0.6) is 5.75 Å². The van der Waals surface area contributed by atoms with Crippen LogP contribution in [-0.4, -0.2) is 20.9 Å². The van der Waals surface area contributed by atoms with E-state index in [1.165, 1.54) is 6.07 Å². The van der Waals surface area contributed by atoms with Crippen molar-refractivity contribution in [3.05, 3.63) is 46.0 Å². The third-order valence-electron chi connectivity index (χ3n) is 3.00. The lowest BCUT2D eigenvalue weighted by Crippen LogP contribution is -2.05. The number of hydrogen-bond donors (Lipinski definition) is 1. The van der Waals surface area contributed by atoms with E-state index < -0.39 is 11.8 Å². The van der Waals surface area contributed by atoms with Crippen LogP contribution in [0.2, 0.25) is 5.02 Å². The van der Waals surface area contributed by atoms with Gasteiger partial charge in [0.2, 0.25) is 0 Å². The summed E-state index contributed by atoms with van der Waals surface area (Å²) >= 11 is 6.18. The lowest BCUT2D eigenvalue weighted by Gasteiger charge is -2.08. The van der Waals surface area contributed by atoms with Crippen molar-refractivity contribution in [2.45, 2.75) is 20.0 Å². The molecule has 2 rings (SSSR count). The Bertz CT molecular complexity index is 685. The van der Waals surface area contributed by atoms with Gasteiger partial charge in [0, 0.05) is 13.1 Å². The smallest absolute Gasteiger partial charge is 0.335 e. The fourth-order valence-electron chi connectivity index (χ4n) is 1.90. The molecule has 2 aromatic rings. The maximum atomic E-state index is 13.3. The van der Waals surface area contributed by atoms with Gasteiger partial charge in [-0.3, -0.25) is 4.68 Å². The van der Waals surface area contributed by atoms with Crippen LogP contribution in [0.25, 0.3) is 0 Å². The maximum Gasteiger partial charge on any atom is 0.335 e. The molecule has 0 aliphatic carbocycles. The first kappa shape index (κ1) is 15.3. The van der Waals surface area contributed by atoms with Crippen LogP contribution < -0.4 is 4.74 Å². The number of carbonyl (C=O) groups is 1. The topological polar surface area (TPSA) is 64.4 Å². The molecule has 0 aliphatic heterocycles. The number of nitrogens with zero attached hydrogens (tertiary/aromatic N) is 2. The molecular formula is C14H14ClFN2O3. The molecule has 5 nitrogen and oxygen atoms in total. The summed E-state index contributed by atoms with van der Waals surface area (Å²) < 4.78 is 20.4. The Morgan fingerprint density at radius 3 is 2.76 bits per heavy atom. The number of carboxylic acids is 1. The highest BCUT2D eigenvalue weighted by molar-refractivity contribution is 6.31. The van der Waals surface area contributed by atoms with Gasteiger partial charge in [0.15, 0.2) is 0 Å². The van der Waals surface area contributed by atoms with Crippen molar-refractivity contribution in [2.24, 2.45) is 7.05 Å². The Kier molecular flexibility index (Phi) is 4.47. The number of carboxylic acid groups (broad SMARTS) is 1. The summed E-state index contributed by atoms with van der Waals surface area (Å²) in [5, 5.41) is 13.6. The fraction of sp³-hybridized carbons (Fsp3) is 0.286. The van der Waals surface area contributed by atoms with Crippen LogP contribution in [0.3, 0.4) is 0 Å². The third-order valence-corrected chi connectivity index (χ3v) is 3.43. The second kappa shape index (κ2) is 6.13. The molecular weight excluding hydrogens is 299 g/mol. The van der Waals surface area contributed by atoms with E-state index in [-0.39, 0.29) is 17.9 Å². The zero-order valence-corrected chi connectivity index (χ0v) is 12.3. The molecule has 0 bridgehead atoms. The highest BCUT2D eigenvalue weighted by Crippen LogP contribution is 2.23. The molecule has 112 valence electrons. The summed E-state index contributed by atoms with van der Waals surface area (Å²) in [7, 11) is 1.73. The molecule has 0 amide bonds. The van der Waals surface area contributed by atoms with Gasteiger partial charge in [-0.2, -0.15) is 5.10 Å². The normalized spacial score (nSPS) is 10.7. The molecule has 1 N–H and O–H groups in total. The Labute approximate surface area is 125 Å². The van der Waals surface area contributed by atoms with Crippen LogP contribution in [-0.2, 0) is 20.1 Å². The van der Waals surface area contributed by atoms with Gasteiger partial charge in [-0.15, -0.1) is 0 Å². The second-order valence-electron chi connectivity index (χ2n) is 4.45. The van der Waals surface area contributed by atoms with Crippen LogP contribution in [0.1, 0.15) is 28.7 Å². The van der Waals surface area contributed by atoms with Crippen molar-refractivity contribution in [1.29, 1.82) is 0 Å². The minimum Gasteiger partial charge on any atom is -0.487 e. The second-order valence-corrected chi connectivity index (χ2v) is 4.83. The first-order chi connectivity index (χ1) is 9.92. The molecule has 0 spiro atoms. The van der Waals surface area contributed by atoms with Gasteiger partial charge in [0.1, 0.15) is 18.2 Å². The van der Waals surface area contributed by atoms with Gasteiger partial charge >= 0.3 is 5.97 Å². The molecule has 1 heterocycles. The molecule has 0 aliphatic rings. The van der Waals surface area contributed by atoms with Crippen molar-refractivity contribution in [2.75, 3.05) is 0 Å². The molecule has 21 heavy (non-hydrogen) atoms. The molecule has 1 aromatic carbocycles. The van der Waals surface area contributed by atoms with E-state index in [2.05, 4.69) is 5.10 Å².